The van der Waals surface area contributed by atoms with Crippen LogP contribution in [0.5, 0.6) is 0 Å². The summed E-state index contributed by atoms with van der Waals surface area (Å²) in [4.78, 5) is 25.0. The van der Waals surface area contributed by atoms with E-state index >= 15 is 0 Å². The molecule has 0 aromatic carbocycles. The maximum absolute atomic E-state index is 11.9. The van der Waals surface area contributed by atoms with Crippen LogP contribution in [0.25, 0.3) is 0 Å². The first-order valence-corrected chi connectivity index (χ1v) is 5.88. The molecule has 0 saturated carbocycles. The average molecular weight is 243 g/mol. The zero-order valence-electron chi connectivity index (χ0n) is 11.2. The summed E-state index contributed by atoms with van der Waals surface area (Å²) in [6.07, 6.45) is 0.157. The summed E-state index contributed by atoms with van der Waals surface area (Å²) in [6, 6.07) is 0. The molecule has 1 fully saturated rings. The van der Waals surface area contributed by atoms with E-state index < -0.39 is 17.2 Å². The number of likely N-dealkylation sites (tertiary alicyclic amines) is 1. The minimum atomic E-state index is -0.863. The molecule has 1 aliphatic rings. The van der Waals surface area contributed by atoms with Gasteiger partial charge in [-0.3, -0.25) is 4.90 Å². The Morgan fingerprint density at radius 1 is 1.35 bits per heavy atom. The molecule has 0 aromatic heterocycles. The van der Waals surface area contributed by atoms with Gasteiger partial charge in [-0.15, -0.1) is 0 Å². The molecule has 0 radical (unpaired) electrons. The largest absolute Gasteiger partial charge is 0.464 e. The number of hydrogen-bond acceptors (Lipinski definition) is 4. The number of ether oxygens (including phenoxy) is 2. The lowest BCUT2D eigenvalue weighted by atomic mass is 9.87. The fraction of sp³-hybridized carbons (Fsp3) is 0.833. The molecule has 5 nitrogen and oxygen atoms in total. The van der Waals surface area contributed by atoms with Gasteiger partial charge in [0.05, 0.1) is 6.61 Å². The van der Waals surface area contributed by atoms with Gasteiger partial charge in [-0.05, 0) is 41.0 Å². The third-order valence-electron chi connectivity index (χ3n) is 2.75. The number of carbonyl (C=O) groups is 2. The van der Waals surface area contributed by atoms with Crippen molar-refractivity contribution in [2.45, 2.75) is 52.2 Å². The Bertz CT molecular complexity index is 321. The van der Waals surface area contributed by atoms with Crippen LogP contribution in [0.4, 0.5) is 4.79 Å². The molecule has 0 bridgehead atoms. The first-order valence-electron chi connectivity index (χ1n) is 5.88. The molecule has 0 N–H and O–H groups in total. The zero-order valence-corrected chi connectivity index (χ0v) is 11.2. The summed E-state index contributed by atoms with van der Waals surface area (Å²) in [5.74, 6) is -0.364. The lowest BCUT2D eigenvalue weighted by Gasteiger charge is -2.47. The highest BCUT2D eigenvalue weighted by Gasteiger charge is 2.52. The Kier molecular flexibility index (Phi) is 3.69. The van der Waals surface area contributed by atoms with Crippen molar-refractivity contribution in [1.82, 2.24) is 4.90 Å². The van der Waals surface area contributed by atoms with Crippen LogP contribution >= 0.6 is 0 Å². The number of nitrogens with zero attached hydrogens (tertiary/aromatic N) is 1. The highest BCUT2D eigenvalue weighted by atomic mass is 16.6. The van der Waals surface area contributed by atoms with Gasteiger partial charge in [-0.25, -0.2) is 9.59 Å². The van der Waals surface area contributed by atoms with Gasteiger partial charge in [-0.2, -0.15) is 0 Å². The van der Waals surface area contributed by atoms with E-state index in [0.717, 1.165) is 0 Å². The van der Waals surface area contributed by atoms with E-state index in [-0.39, 0.29) is 5.97 Å². The molecule has 1 aliphatic heterocycles. The van der Waals surface area contributed by atoms with Crippen LogP contribution in [0.15, 0.2) is 0 Å². The standard InChI is InChI=1S/C12H21NO4/c1-6-16-9(14)12(5)7-8-13(12)10(15)17-11(2,3)4/h6-8H2,1-5H3/t12-/m1/s1. The van der Waals surface area contributed by atoms with Gasteiger partial charge in [0, 0.05) is 6.54 Å². The summed E-state index contributed by atoms with van der Waals surface area (Å²) < 4.78 is 10.2. The first-order chi connectivity index (χ1) is 7.70. The van der Waals surface area contributed by atoms with E-state index in [9.17, 15) is 9.59 Å². The van der Waals surface area contributed by atoms with Gasteiger partial charge >= 0.3 is 12.1 Å². The minimum Gasteiger partial charge on any atom is -0.464 e. The fourth-order valence-corrected chi connectivity index (χ4v) is 1.67. The maximum atomic E-state index is 11.9. The quantitative estimate of drug-likeness (QED) is 0.695. The third kappa shape index (κ3) is 2.90. The minimum absolute atomic E-state index is 0.316. The van der Waals surface area contributed by atoms with Crippen LogP contribution in [0.3, 0.4) is 0 Å². The van der Waals surface area contributed by atoms with Crippen molar-refractivity contribution in [2.24, 2.45) is 0 Å². The van der Waals surface area contributed by atoms with Crippen molar-refractivity contribution in [1.29, 1.82) is 0 Å². The molecule has 1 rings (SSSR count). The summed E-state index contributed by atoms with van der Waals surface area (Å²) >= 11 is 0. The summed E-state index contributed by atoms with van der Waals surface area (Å²) in [7, 11) is 0. The lowest BCUT2D eigenvalue weighted by Crippen LogP contribution is -2.65. The van der Waals surface area contributed by atoms with Crippen molar-refractivity contribution in [3.05, 3.63) is 0 Å². The number of esters is 1. The smallest absolute Gasteiger partial charge is 0.411 e. The van der Waals surface area contributed by atoms with E-state index in [0.29, 0.717) is 19.6 Å². The normalized spacial score (nSPS) is 23.9. The topological polar surface area (TPSA) is 55.8 Å². The molecule has 98 valence electrons. The van der Waals surface area contributed by atoms with Crippen molar-refractivity contribution < 1.29 is 19.1 Å². The number of rotatable bonds is 2. The molecule has 0 aromatic rings. The Labute approximate surface area is 102 Å². The maximum Gasteiger partial charge on any atom is 0.411 e. The first kappa shape index (κ1) is 13.8. The van der Waals surface area contributed by atoms with Gasteiger partial charge in [0.15, 0.2) is 0 Å². The Balaban J connectivity index is 2.67. The van der Waals surface area contributed by atoms with Crippen LogP contribution in [0.2, 0.25) is 0 Å². The molecule has 1 amide bonds. The Morgan fingerprint density at radius 3 is 2.29 bits per heavy atom. The second-order valence-corrected chi connectivity index (χ2v) is 5.38. The monoisotopic (exact) mass is 243 g/mol. The second-order valence-electron chi connectivity index (χ2n) is 5.38. The predicted octanol–water partition coefficient (Wildman–Crippen LogP) is 1.95. The van der Waals surface area contributed by atoms with Crippen LogP contribution in [-0.4, -0.2) is 41.3 Å². The molecule has 0 spiro atoms. The van der Waals surface area contributed by atoms with Gasteiger partial charge < -0.3 is 9.47 Å². The molecular weight excluding hydrogens is 222 g/mol. The van der Waals surface area contributed by atoms with E-state index in [1.54, 1.807) is 34.6 Å². The molecule has 1 saturated heterocycles. The van der Waals surface area contributed by atoms with E-state index in [1.807, 2.05) is 0 Å². The summed E-state index contributed by atoms with van der Waals surface area (Å²) in [5, 5.41) is 0. The molecule has 1 heterocycles. The van der Waals surface area contributed by atoms with E-state index in [4.69, 9.17) is 9.47 Å². The summed E-state index contributed by atoms with van der Waals surface area (Å²) in [6.45, 7) is 9.70. The third-order valence-corrected chi connectivity index (χ3v) is 2.75. The van der Waals surface area contributed by atoms with Crippen LogP contribution in [0.1, 0.15) is 41.0 Å². The highest BCUT2D eigenvalue weighted by Crippen LogP contribution is 2.33. The highest BCUT2D eigenvalue weighted by molar-refractivity contribution is 5.87. The van der Waals surface area contributed by atoms with Gasteiger partial charge in [0.25, 0.3) is 0 Å². The van der Waals surface area contributed by atoms with Crippen molar-refractivity contribution in [3.63, 3.8) is 0 Å². The Hall–Kier alpha value is -1.26. The van der Waals surface area contributed by atoms with Gasteiger partial charge in [-0.1, -0.05) is 0 Å². The van der Waals surface area contributed by atoms with Crippen LogP contribution in [-0.2, 0) is 14.3 Å². The van der Waals surface area contributed by atoms with Crippen molar-refractivity contribution >= 4 is 12.1 Å². The Morgan fingerprint density at radius 2 is 1.94 bits per heavy atom. The number of carbonyl (C=O) groups excluding carboxylic acids is 2. The van der Waals surface area contributed by atoms with Crippen molar-refractivity contribution in [3.8, 4) is 0 Å². The molecule has 0 unspecified atom stereocenters. The van der Waals surface area contributed by atoms with Crippen molar-refractivity contribution in [2.75, 3.05) is 13.2 Å². The van der Waals surface area contributed by atoms with Crippen LogP contribution < -0.4 is 0 Å². The molecule has 5 heteroatoms. The SMILES string of the molecule is CCOC(=O)[C@@]1(C)CCN1C(=O)OC(C)(C)C. The molecule has 17 heavy (non-hydrogen) atoms. The van der Waals surface area contributed by atoms with E-state index in [2.05, 4.69) is 0 Å². The number of hydrogen-bond donors (Lipinski definition) is 0. The molecule has 1 atom stereocenters. The average Bonchev–Trinajstić information content (AvgIpc) is 2.12. The van der Waals surface area contributed by atoms with Gasteiger partial charge in [0.2, 0.25) is 0 Å². The number of amides is 1. The lowest BCUT2D eigenvalue weighted by molar-refractivity contribution is -0.164. The fourth-order valence-electron chi connectivity index (χ4n) is 1.67. The van der Waals surface area contributed by atoms with Crippen LogP contribution in [0, 0.1) is 0 Å². The van der Waals surface area contributed by atoms with Gasteiger partial charge in [0.1, 0.15) is 11.1 Å². The predicted molar refractivity (Wildman–Crippen MR) is 62.6 cm³/mol. The van der Waals surface area contributed by atoms with E-state index in [1.165, 1.54) is 4.90 Å². The second kappa shape index (κ2) is 4.55. The molecule has 0 aliphatic carbocycles. The molecular formula is C12H21NO4. The zero-order chi connectivity index (χ0) is 13.3. The summed E-state index contributed by atoms with van der Waals surface area (Å²) in [5.41, 5.74) is -1.42.